The van der Waals surface area contributed by atoms with Gasteiger partial charge in [0.05, 0.1) is 6.61 Å². The molecule has 3 nitrogen and oxygen atoms in total. The van der Waals surface area contributed by atoms with Crippen molar-refractivity contribution in [1.29, 1.82) is 0 Å². The highest BCUT2D eigenvalue weighted by Crippen LogP contribution is 2.28. The number of esters is 1. The molecular formula is C18H23NO2S. The standard InChI is InChI=1S/C18H23NO2S/c1-4-21-18(20)16(10-11-22-3)19-13-14(2)12-17(19)15-8-6-5-7-9-15/h5-9,12-13,16H,4,10-11H2,1-3H3/t16-/m0/s1. The number of hydrogen-bond acceptors (Lipinski definition) is 3. The first-order chi connectivity index (χ1) is 10.7. The molecule has 118 valence electrons. The third-order valence-electron chi connectivity index (χ3n) is 3.54. The number of aromatic nitrogens is 1. The van der Waals surface area contributed by atoms with Crippen LogP contribution >= 0.6 is 11.8 Å². The van der Waals surface area contributed by atoms with E-state index in [4.69, 9.17) is 4.74 Å². The second-order valence-electron chi connectivity index (χ2n) is 5.23. The zero-order chi connectivity index (χ0) is 15.9. The summed E-state index contributed by atoms with van der Waals surface area (Å²) in [6, 6.07) is 12.0. The van der Waals surface area contributed by atoms with Gasteiger partial charge < -0.3 is 9.30 Å². The smallest absolute Gasteiger partial charge is 0.329 e. The molecule has 0 spiro atoms. The Morgan fingerprint density at radius 2 is 2.05 bits per heavy atom. The lowest BCUT2D eigenvalue weighted by molar-refractivity contribution is -0.147. The maximum atomic E-state index is 12.4. The summed E-state index contributed by atoms with van der Waals surface area (Å²) in [6.07, 6.45) is 4.87. The highest BCUT2D eigenvalue weighted by molar-refractivity contribution is 7.98. The molecule has 0 saturated carbocycles. The van der Waals surface area contributed by atoms with Crippen LogP contribution in [0, 0.1) is 6.92 Å². The molecule has 0 fully saturated rings. The summed E-state index contributed by atoms with van der Waals surface area (Å²) < 4.78 is 7.35. The normalized spacial score (nSPS) is 12.1. The van der Waals surface area contributed by atoms with Crippen molar-refractivity contribution in [3.8, 4) is 11.3 Å². The lowest BCUT2D eigenvalue weighted by atomic mass is 10.1. The van der Waals surface area contributed by atoms with E-state index in [0.29, 0.717) is 6.61 Å². The van der Waals surface area contributed by atoms with Crippen molar-refractivity contribution in [1.82, 2.24) is 4.57 Å². The molecule has 2 rings (SSSR count). The minimum absolute atomic E-state index is 0.149. The summed E-state index contributed by atoms with van der Waals surface area (Å²) in [5, 5.41) is 0. The fourth-order valence-electron chi connectivity index (χ4n) is 2.55. The van der Waals surface area contributed by atoms with Gasteiger partial charge in [0.2, 0.25) is 0 Å². The Hall–Kier alpha value is -1.68. The average molecular weight is 317 g/mol. The predicted octanol–water partition coefficient (Wildman–Crippen LogP) is 4.32. The Bertz CT molecular complexity index is 607. The zero-order valence-electron chi connectivity index (χ0n) is 13.4. The summed E-state index contributed by atoms with van der Waals surface area (Å²) in [7, 11) is 0. The van der Waals surface area contributed by atoms with Gasteiger partial charge in [0.25, 0.3) is 0 Å². The molecule has 2 aromatic rings. The van der Waals surface area contributed by atoms with Gasteiger partial charge in [-0.05, 0) is 49.5 Å². The largest absolute Gasteiger partial charge is 0.464 e. The number of rotatable bonds is 7. The number of carbonyl (C=O) groups excluding carboxylic acids is 1. The second-order valence-corrected chi connectivity index (χ2v) is 6.21. The third kappa shape index (κ3) is 3.95. The van der Waals surface area contributed by atoms with Crippen LogP contribution in [-0.4, -0.2) is 29.2 Å². The van der Waals surface area contributed by atoms with Crippen LogP contribution in [0.15, 0.2) is 42.6 Å². The molecule has 0 radical (unpaired) electrons. The fourth-order valence-corrected chi connectivity index (χ4v) is 3.01. The quantitative estimate of drug-likeness (QED) is 0.713. The maximum absolute atomic E-state index is 12.4. The lowest BCUT2D eigenvalue weighted by Crippen LogP contribution is -2.23. The zero-order valence-corrected chi connectivity index (χ0v) is 14.2. The second kappa shape index (κ2) is 8.08. The van der Waals surface area contributed by atoms with Crippen LogP contribution in [0.3, 0.4) is 0 Å². The van der Waals surface area contributed by atoms with Crippen LogP contribution in [0.1, 0.15) is 24.9 Å². The van der Waals surface area contributed by atoms with Crippen molar-refractivity contribution in [3.63, 3.8) is 0 Å². The van der Waals surface area contributed by atoms with E-state index in [1.807, 2.05) is 31.3 Å². The molecule has 1 aromatic heterocycles. The summed E-state index contributed by atoms with van der Waals surface area (Å²) in [5.41, 5.74) is 3.34. The minimum atomic E-state index is -0.267. The number of nitrogens with zero attached hydrogens (tertiary/aromatic N) is 1. The average Bonchev–Trinajstić information content (AvgIpc) is 2.90. The van der Waals surface area contributed by atoms with Gasteiger partial charge in [-0.15, -0.1) is 0 Å². The van der Waals surface area contributed by atoms with Gasteiger partial charge in [-0.25, -0.2) is 4.79 Å². The van der Waals surface area contributed by atoms with E-state index < -0.39 is 0 Å². The number of carbonyl (C=O) groups is 1. The first-order valence-corrected chi connectivity index (χ1v) is 8.96. The van der Waals surface area contributed by atoms with Crippen LogP contribution in [0.5, 0.6) is 0 Å². The van der Waals surface area contributed by atoms with E-state index in [1.165, 1.54) is 0 Å². The van der Waals surface area contributed by atoms with Gasteiger partial charge in [-0.3, -0.25) is 0 Å². The first kappa shape index (κ1) is 16.7. The summed E-state index contributed by atoms with van der Waals surface area (Å²) in [5.74, 6) is 0.777. The topological polar surface area (TPSA) is 31.2 Å². The molecule has 0 aliphatic rings. The van der Waals surface area contributed by atoms with E-state index in [-0.39, 0.29) is 12.0 Å². The number of thioether (sulfide) groups is 1. The Morgan fingerprint density at radius 1 is 1.32 bits per heavy atom. The molecular weight excluding hydrogens is 294 g/mol. The highest BCUT2D eigenvalue weighted by Gasteiger charge is 2.24. The van der Waals surface area contributed by atoms with Gasteiger partial charge in [-0.2, -0.15) is 11.8 Å². The van der Waals surface area contributed by atoms with Crippen LogP contribution < -0.4 is 0 Å². The molecule has 4 heteroatoms. The SMILES string of the molecule is CCOC(=O)[C@H](CCSC)n1cc(C)cc1-c1ccccc1. The van der Waals surface area contributed by atoms with E-state index in [9.17, 15) is 4.79 Å². The van der Waals surface area contributed by atoms with E-state index in [1.54, 1.807) is 11.8 Å². The highest BCUT2D eigenvalue weighted by atomic mass is 32.2. The Kier molecular flexibility index (Phi) is 6.13. The molecule has 0 saturated heterocycles. The molecule has 0 unspecified atom stereocenters. The monoisotopic (exact) mass is 317 g/mol. The van der Waals surface area contributed by atoms with Crippen LogP contribution in [-0.2, 0) is 9.53 Å². The summed E-state index contributed by atoms with van der Waals surface area (Å²) in [6.45, 7) is 4.32. The van der Waals surface area contributed by atoms with Crippen molar-refractivity contribution < 1.29 is 9.53 Å². The van der Waals surface area contributed by atoms with Crippen LogP contribution in [0.25, 0.3) is 11.3 Å². The van der Waals surface area contributed by atoms with Crippen molar-refractivity contribution in [2.24, 2.45) is 0 Å². The molecule has 1 aromatic carbocycles. The Balaban J connectivity index is 2.40. The van der Waals surface area contributed by atoms with Gasteiger partial charge in [0.15, 0.2) is 0 Å². The number of benzene rings is 1. The minimum Gasteiger partial charge on any atom is -0.464 e. The number of ether oxygens (including phenoxy) is 1. The van der Waals surface area contributed by atoms with E-state index >= 15 is 0 Å². The van der Waals surface area contributed by atoms with E-state index in [2.05, 4.69) is 35.9 Å². The van der Waals surface area contributed by atoms with Gasteiger partial charge in [-0.1, -0.05) is 30.3 Å². The van der Waals surface area contributed by atoms with Crippen molar-refractivity contribution in [2.75, 3.05) is 18.6 Å². The van der Waals surface area contributed by atoms with Crippen molar-refractivity contribution in [2.45, 2.75) is 26.3 Å². The first-order valence-electron chi connectivity index (χ1n) is 7.56. The number of aryl methyl sites for hydroxylation is 1. The number of hydrogen-bond donors (Lipinski definition) is 0. The molecule has 1 atom stereocenters. The molecule has 0 bridgehead atoms. The predicted molar refractivity (Wildman–Crippen MR) is 93.3 cm³/mol. The van der Waals surface area contributed by atoms with Crippen molar-refractivity contribution in [3.05, 3.63) is 48.2 Å². The lowest BCUT2D eigenvalue weighted by Gasteiger charge is -2.20. The van der Waals surface area contributed by atoms with Gasteiger partial charge in [0.1, 0.15) is 6.04 Å². The molecule has 0 aliphatic heterocycles. The third-order valence-corrected chi connectivity index (χ3v) is 4.19. The molecule has 0 amide bonds. The van der Waals surface area contributed by atoms with Crippen LogP contribution in [0.4, 0.5) is 0 Å². The summed E-state index contributed by atoms with van der Waals surface area (Å²) >= 11 is 1.75. The van der Waals surface area contributed by atoms with E-state index in [0.717, 1.165) is 29.0 Å². The Labute approximate surface area is 136 Å². The fraction of sp³-hybridized carbons (Fsp3) is 0.389. The maximum Gasteiger partial charge on any atom is 0.329 e. The van der Waals surface area contributed by atoms with Crippen LogP contribution in [0.2, 0.25) is 0 Å². The van der Waals surface area contributed by atoms with Gasteiger partial charge in [0, 0.05) is 11.9 Å². The van der Waals surface area contributed by atoms with Crippen molar-refractivity contribution >= 4 is 17.7 Å². The van der Waals surface area contributed by atoms with Gasteiger partial charge >= 0.3 is 5.97 Å². The molecule has 1 heterocycles. The molecule has 0 aliphatic carbocycles. The summed E-state index contributed by atoms with van der Waals surface area (Å²) in [4.78, 5) is 12.4. The molecule has 22 heavy (non-hydrogen) atoms. The molecule has 0 N–H and O–H groups in total. The Morgan fingerprint density at radius 3 is 2.68 bits per heavy atom.